The molecule has 0 bridgehead atoms. The van der Waals surface area contributed by atoms with Crippen LogP contribution in [-0.2, 0) is 16.0 Å². The summed E-state index contributed by atoms with van der Waals surface area (Å²) in [5.74, 6) is -0.509. The number of nitrogens with one attached hydrogen (secondary N) is 1. The van der Waals surface area contributed by atoms with Crippen LogP contribution in [-0.4, -0.2) is 54.4 Å². The fourth-order valence-corrected chi connectivity index (χ4v) is 3.35. The lowest BCUT2D eigenvalue weighted by atomic mass is 9.95. The Kier molecular flexibility index (Phi) is 6.61. The third-order valence-corrected chi connectivity index (χ3v) is 4.66. The highest BCUT2D eigenvalue weighted by Gasteiger charge is 2.39. The summed E-state index contributed by atoms with van der Waals surface area (Å²) in [4.78, 5) is 25.1. The van der Waals surface area contributed by atoms with Crippen LogP contribution in [0.25, 0.3) is 0 Å². The van der Waals surface area contributed by atoms with E-state index in [1.807, 2.05) is 30.3 Å². The largest absolute Gasteiger partial charge is 0.465 e. The fraction of sp³-hybridized carbons (Fsp3) is 0.556. The number of likely N-dealkylation sites (tertiary alicyclic amines) is 1. The Balaban J connectivity index is 1.89. The molecule has 1 aromatic rings. The van der Waals surface area contributed by atoms with Gasteiger partial charge in [0.15, 0.2) is 0 Å². The van der Waals surface area contributed by atoms with Crippen LogP contribution in [0.5, 0.6) is 0 Å². The zero-order chi connectivity index (χ0) is 17.5. The molecule has 1 heterocycles. The van der Waals surface area contributed by atoms with Gasteiger partial charge in [-0.2, -0.15) is 0 Å². The first-order valence-corrected chi connectivity index (χ1v) is 8.38. The highest BCUT2D eigenvalue weighted by atomic mass is 16.5. The minimum Gasteiger partial charge on any atom is -0.465 e. The van der Waals surface area contributed by atoms with Gasteiger partial charge in [0.2, 0.25) is 5.91 Å². The van der Waals surface area contributed by atoms with E-state index in [1.54, 1.807) is 6.92 Å². The summed E-state index contributed by atoms with van der Waals surface area (Å²) in [7, 11) is 1.54. The summed E-state index contributed by atoms with van der Waals surface area (Å²) in [6, 6.07) is 9.70. The van der Waals surface area contributed by atoms with Gasteiger partial charge in [-0.15, -0.1) is 0 Å². The molecule has 6 heteroatoms. The molecule has 0 unspecified atom stereocenters. The van der Waals surface area contributed by atoms with Crippen LogP contribution >= 0.6 is 0 Å². The first-order valence-electron chi connectivity index (χ1n) is 8.38. The molecular weight excluding hydrogens is 308 g/mol. The van der Waals surface area contributed by atoms with Gasteiger partial charge in [-0.25, -0.2) is 4.79 Å². The van der Waals surface area contributed by atoms with Gasteiger partial charge < -0.3 is 20.1 Å². The third kappa shape index (κ3) is 4.47. The van der Waals surface area contributed by atoms with Crippen LogP contribution in [0.3, 0.4) is 0 Å². The molecule has 2 N–H and O–H groups in total. The fourth-order valence-electron chi connectivity index (χ4n) is 3.35. The van der Waals surface area contributed by atoms with E-state index < -0.39 is 18.1 Å². The predicted molar refractivity (Wildman–Crippen MR) is 90.9 cm³/mol. The molecule has 1 aliphatic rings. The van der Waals surface area contributed by atoms with E-state index in [0.717, 1.165) is 19.3 Å². The van der Waals surface area contributed by atoms with Gasteiger partial charge in [0.25, 0.3) is 0 Å². The van der Waals surface area contributed by atoms with Crippen LogP contribution in [0.1, 0.15) is 25.3 Å². The summed E-state index contributed by atoms with van der Waals surface area (Å²) in [6.07, 6.45) is 0.921. The number of hydrogen-bond donors (Lipinski definition) is 2. The Morgan fingerprint density at radius 3 is 2.71 bits per heavy atom. The molecule has 3 atom stereocenters. The van der Waals surface area contributed by atoms with Crippen LogP contribution in [0.15, 0.2) is 30.3 Å². The number of methoxy groups -OCH3 is 1. The van der Waals surface area contributed by atoms with E-state index in [0.29, 0.717) is 13.1 Å². The molecule has 1 saturated heterocycles. The highest BCUT2D eigenvalue weighted by Crippen LogP contribution is 2.26. The van der Waals surface area contributed by atoms with Crippen LogP contribution < -0.4 is 5.32 Å². The lowest BCUT2D eigenvalue weighted by Crippen LogP contribution is -2.49. The monoisotopic (exact) mass is 334 g/mol. The number of carbonyl (C=O) groups is 2. The molecule has 2 rings (SSSR count). The average molecular weight is 334 g/mol. The normalized spacial score (nSPS) is 19.8. The first-order chi connectivity index (χ1) is 11.5. The summed E-state index contributed by atoms with van der Waals surface area (Å²) < 4.78 is 5.50. The molecule has 0 spiro atoms. The van der Waals surface area contributed by atoms with E-state index in [9.17, 15) is 14.7 Å². The van der Waals surface area contributed by atoms with E-state index in [1.165, 1.54) is 17.6 Å². The molecule has 1 fully saturated rings. The van der Waals surface area contributed by atoms with Crippen molar-refractivity contribution in [2.24, 2.45) is 5.92 Å². The van der Waals surface area contributed by atoms with Crippen molar-refractivity contribution >= 4 is 12.0 Å². The van der Waals surface area contributed by atoms with Crippen molar-refractivity contribution in [3.8, 4) is 0 Å². The first kappa shape index (κ1) is 18.3. The SMILES string of the molecule is CO[C@H]([C@@H](C)C(=O)NCCc1ccccc1)[C@@H]1CCCN1C(=O)O. The van der Waals surface area contributed by atoms with Gasteiger partial charge in [-0.1, -0.05) is 37.3 Å². The van der Waals surface area contributed by atoms with Gasteiger partial charge in [-0.05, 0) is 24.8 Å². The molecule has 0 saturated carbocycles. The number of rotatable bonds is 7. The molecule has 132 valence electrons. The topological polar surface area (TPSA) is 78.9 Å². The summed E-state index contributed by atoms with van der Waals surface area (Å²) in [5, 5.41) is 12.2. The molecule has 0 aliphatic carbocycles. The van der Waals surface area contributed by atoms with Crippen LogP contribution in [0.4, 0.5) is 4.79 Å². The smallest absolute Gasteiger partial charge is 0.407 e. The highest BCUT2D eigenvalue weighted by molar-refractivity contribution is 5.79. The van der Waals surface area contributed by atoms with Crippen molar-refractivity contribution in [2.75, 3.05) is 20.2 Å². The van der Waals surface area contributed by atoms with Gasteiger partial charge in [-0.3, -0.25) is 4.79 Å². The van der Waals surface area contributed by atoms with Gasteiger partial charge >= 0.3 is 6.09 Å². The Bertz CT molecular complexity index is 549. The Hall–Kier alpha value is -2.08. The lowest BCUT2D eigenvalue weighted by molar-refractivity contribution is -0.130. The Labute approximate surface area is 142 Å². The van der Waals surface area contributed by atoms with Crippen LogP contribution in [0, 0.1) is 5.92 Å². The van der Waals surface area contributed by atoms with E-state index in [4.69, 9.17) is 4.74 Å². The second-order valence-corrected chi connectivity index (χ2v) is 6.20. The number of carbonyl (C=O) groups excluding carboxylic acids is 1. The Morgan fingerprint density at radius 1 is 1.38 bits per heavy atom. The summed E-state index contributed by atoms with van der Waals surface area (Å²) >= 11 is 0. The maximum absolute atomic E-state index is 12.4. The second-order valence-electron chi connectivity index (χ2n) is 6.20. The molecule has 24 heavy (non-hydrogen) atoms. The maximum Gasteiger partial charge on any atom is 0.407 e. The predicted octanol–water partition coefficient (Wildman–Crippen LogP) is 2.14. The molecule has 2 amide bonds. The molecular formula is C18H26N2O4. The molecule has 1 aromatic carbocycles. The van der Waals surface area contributed by atoms with Gasteiger partial charge in [0.1, 0.15) is 0 Å². The number of amides is 2. The number of benzene rings is 1. The van der Waals surface area contributed by atoms with Crippen molar-refractivity contribution in [2.45, 2.75) is 38.3 Å². The van der Waals surface area contributed by atoms with Crippen molar-refractivity contribution in [3.05, 3.63) is 35.9 Å². The standard InChI is InChI=1S/C18H26N2O4/c1-13(16(24-2)15-9-6-12-20(15)18(22)23)17(21)19-11-10-14-7-4-3-5-8-14/h3-5,7-8,13,15-16H,6,9-12H2,1-2H3,(H,19,21)(H,22,23)/t13-,15+,16-/m1/s1. The average Bonchev–Trinajstić information content (AvgIpc) is 3.06. The molecule has 0 aromatic heterocycles. The van der Waals surface area contributed by atoms with Gasteiger partial charge in [0.05, 0.1) is 18.1 Å². The van der Waals surface area contributed by atoms with Crippen molar-refractivity contribution < 1.29 is 19.4 Å². The molecule has 6 nitrogen and oxygen atoms in total. The quantitative estimate of drug-likeness (QED) is 0.801. The summed E-state index contributed by atoms with van der Waals surface area (Å²) in [5.41, 5.74) is 1.17. The van der Waals surface area contributed by atoms with Crippen molar-refractivity contribution in [1.82, 2.24) is 10.2 Å². The number of carboxylic acid groups (broad SMARTS) is 1. The zero-order valence-electron chi connectivity index (χ0n) is 14.3. The van der Waals surface area contributed by atoms with E-state index in [2.05, 4.69) is 5.32 Å². The number of hydrogen-bond acceptors (Lipinski definition) is 3. The number of ether oxygens (including phenoxy) is 1. The zero-order valence-corrected chi connectivity index (χ0v) is 14.3. The van der Waals surface area contributed by atoms with Gasteiger partial charge in [0, 0.05) is 20.2 Å². The minimum absolute atomic E-state index is 0.102. The minimum atomic E-state index is -0.948. The molecule has 1 aliphatic heterocycles. The van der Waals surface area contributed by atoms with E-state index >= 15 is 0 Å². The van der Waals surface area contributed by atoms with E-state index in [-0.39, 0.29) is 11.9 Å². The van der Waals surface area contributed by atoms with Crippen molar-refractivity contribution in [1.29, 1.82) is 0 Å². The Morgan fingerprint density at radius 2 is 2.08 bits per heavy atom. The lowest BCUT2D eigenvalue weighted by Gasteiger charge is -2.32. The third-order valence-electron chi connectivity index (χ3n) is 4.66. The maximum atomic E-state index is 12.4. The van der Waals surface area contributed by atoms with Crippen molar-refractivity contribution in [3.63, 3.8) is 0 Å². The van der Waals surface area contributed by atoms with Crippen LogP contribution in [0.2, 0.25) is 0 Å². The number of nitrogens with zero attached hydrogens (tertiary/aromatic N) is 1. The summed E-state index contributed by atoms with van der Waals surface area (Å²) in [6.45, 7) is 2.85. The molecule has 0 radical (unpaired) electrons. The second kappa shape index (κ2) is 8.68.